The summed E-state index contributed by atoms with van der Waals surface area (Å²) in [5.41, 5.74) is -0.662. The zero-order chi connectivity index (χ0) is 12.3. The van der Waals surface area contributed by atoms with Crippen molar-refractivity contribution in [2.24, 2.45) is 0 Å². The summed E-state index contributed by atoms with van der Waals surface area (Å²) < 4.78 is 25.1. The quantitative estimate of drug-likeness (QED) is 0.853. The third-order valence-corrected chi connectivity index (χ3v) is 1.92. The third kappa shape index (κ3) is 2.51. The van der Waals surface area contributed by atoms with Crippen LogP contribution < -0.4 is 0 Å². The van der Waals surface area contributed by atoms with Crippen LogP contribution in [-0.2, 0) is 11.2 Å². The number of alkyl halides is 2. The van der Waals surface area contributed by atoms with Crippen LogP contribution in [-0.4, -0.2) is 16.1 Å². The maximum atomic E-state index is 12.6. The maximum absolute atomic E-state index is 12.6. The summed E-state index contributed by atoms with van der Waals surface area (Å²) in [7, 11) is 0. The van der Waals surface area contributed by atoms with E-state index in [2.05, 4.69) is 4.98 Å². The molecule has 0 amide bonds. The Balaban J connectivity index is 3.37. The molecular weight excluding hydrogens is 218 g/mol. The lowest BCUT2D eigenvalue weighted by atomic mass is 10.0. The predicted octanol–water partition coefficient (Wildman–Crippen LogP) is 1.83. The minimum atomic E-state index is -2.89. The van der Waals surface area contributed by atoms with Crippen LogP contribution in [0.2, 0.25) is 0 Å². The Labute approximate surface area is 90.2 Å². The summed E-state index contributed by atoms with van der Waals surface area (Å²) in [6.07, 6.45) is -3.35. The molecule has 0 aliphatic carbocycles. The molecule has 0 aliphatic heterocycles. The first kappa shape index (κ1) is 12.0. The predicted molar refractivity (Wildman–Crippen MR) is 50.0 cm³/mol. The average molecular weight is 226 g/mol. The van der Waals surface area contributed by atoms with Crippen LogP contribution in [0.5, 0.6) is 0 Å². The largest absolute Gasteiger partial charge is 0.481 e. The molecular formula is C10H8F2N2O2. The summed E-state index contributed by atoms with van der Waals surface area (Å²) in [5.74, 6) is -1.18. The molecule has 0 radical (unpaired) electrons. The van der Waals surface area contributed by atoms with Gasteiger partial charge in [-0.15, -0.1) is 0 Å². The first-order valence-electron chi connectivity index (χ1n) is 4.36. The molecule has 0 aromatic carbocycles. The van der Waals surface area contributed by atoms with Crippen LogP contribution in [0, 0.1) is 18.3 Å². The number of aryl methyl sites for hydroxylation is 1. The molecule has 0 spiro atoms. The van der Waals surface area contributed by atoms with E-state index in [1.54, 1.807) is 6.07 Å². The lowest BCUT2D eigenvalue weighted by molar-refractivity contribution is -0.136. The highest BCUT2D eigenvalue weighted by Gasteiger charge is 2.20. The Morgan fingerprint density at radius 1 is 1.69 bits per heavy atom. The van der Waals surface area contributed by atoms with Gasteiger partial charge in [-0.1, -0.05) is 0 Å². The van der Waals surface area contributed by atoms with Gasteiger partial charge in [-0.25, -0.2) is 8.78 Å². The number of rotatable bonds is 3. The molecule has 1 heterocycles. The monoisotopic (exact) mass is 226 g/mol. The Kier molecular flexibility index (Phi) is 3.51. The molecule has 0 aliphatic rings. The standard InChI is InChI=1S/C10H8F2N2O2/c1-5-2-6(3-8(15)16)7(4-13)9(14-5)10(11)12/h2,10H,3H2,1H3,(H,15,16). The molecule has 1 aromatic rings. The van der Waals surface area contributed by atoms with E-state index in [4.69, 9.17) is 10.4 Å². The van der Waals surface area contributed by atoms with Crippen LogP contribution >= 0.6 is 0 Å². The van der Waals surface area contributed by atoms with Crippen molar-refractivity contribution in [3.63, 3.8) is 0 Å². The highest BCUT2D eigenvalue weighted by atomic mass is 19.3. The van der Waals surface area contributed by atoms with Crippen molar-refractivity contribution in [3.05, 3.63) is 28.6 Å². The molecule has 84 valence electrons. The van der Waals surface area contributed by atoms with E-state index < -0.39 is 24.5 Å². The van der Waals surface area contributed by atoms with E-state index in [0.717, 1.165) is 0 Å². The second-order valence-corrected chi connectivity index (χ2v) is 3.17. The summed E-state index contributed by atoms with van der Waals surface area (Å²) in [4.78, 5) is 14.1. The van der Waals surface area contributed by atoms with Gasteiger partial charge in [0.1, 0.15) is 11.8 Å². The number of halogens is 2. The van der Waals surface area contributed by atoms with Crippen LogP contribution in [0.4, 0.5) is 8.78 Å². The summed E-state index contributed by atoms with van der Waals surface area (Å²) in [6, 6.07) is 2.90. The molecule has 1 rings (SSSR count). The molecule has 0 fully saturated rings. The fourth-order valence-corrected chi connectivity index (χ4v) is 1.36. The van der Waals surface area contributed by atoms with Crippen molar-refractivity contribution in [1.29, 1.82) is 5.26 Å². The number of hydrogen-bond donors (Lipinski definition) is 1. The zero-order valence-corrected chi connectivity index (χ0v) is 8.37. The zero-order valence-electron chi connectivity index (χ0n) is 8.37. The average Bonchev–Trinajstić information content (AvgIpc) is 2.15. The van der Waals surface area contributed by atoms with Gasteiger partial charge in [0.05, 0.1) is 12.0 Å². The Bertz CT molecular complexity index is 467. The fourth-order valence-electron chi connectivity index (χ4n) is 1.36. The minimum absolute atomic E-state index is 0.0674. The van der Waals surface area contributed by atoms with Crippen LogP contribution in [0.15, 0.2) is 6.07 Å². The number of carboxylic acids is 1. The SMILES string of the molecule is Cc1cc(CC(=O)O)c(C#N)c(C(F)F)n1. The lowest BCUT2D eigenvalue weighted by Crippen LogP contribution is -2.07. The number of pyridine rings is 1. The van der Waals surface area contributed by atoms with Gasteiger partial charge in [0, 0.05) is 5.69 Å². The first-order valence-corrected chi connectivity index (χ1v) is 4.36. The number of aromatic nitrogens is 1. The topological polar surface area (TPSA) is 74.0 Å². The highest BCUT2D eigenvalue weighted by molar-refractivity contribution is 5.71. The Hall–Kier alpha value is -2.03. The molecule has 6 heteroatoms. The van der Waals surface area contributed by atoms with Gasteiger partial charge in [0.25, 0.3) is 6.43 Å². The number of hydrogen-bond acceptors (Lipinski definition) is 3. The minimum Gasteiger partial charge on any atom is -0.481 e. The van der Waals surface area contributed by atoms with Crippen molar-refractivity contribution in [1.82, 2.24) is 4.98 Å². The van der Waals surface area contributed by atoms with Crippen molar-refractivity contribution in [2.45, 2.75) is 19.8 Å². The summed E-state index contributed by atoms with van der Waals surface area (Å²) >= 11 is 0. The number of nitriles is 1. The molecule has 0 atom stereocenters. The van der Waals surface area contributed by atoms with E-state index in [1.807, 2.05) is 0 Å². The molecule has 0 unspecified atom stereocenters. The summed E-state index contributed by atoms with van der Waals surface area (Å²) in [6.45, 7) is 1.47. The molecule has 0 bridgehead atoms. The van der Waals surface area contributed by atoms with E-state index in [9.17, 15) is 13.6 Å². The lowest BCUT2D eigenvalue weighted by Gasteiger charge is -2.08. The van der Waals surface area contributed by atoms with Crippen molar-refractivity contribution >= 4 is 5.97 Å². The van der Waals surface area contributed by atoms with Gasteiger partial charge in [-0.05, 0) is 18.6 Å². The van der Waals surface area contributed by atoms with Crippen molar-refractivity contribution < 1.29 is 18.7 Å². The number of carboxylic acid groups (broad SMARTS) is 1. The molecule has 0 saturated carbocycles. The van der Waals surface area contributed by atoms with Gasteiger partial charge >= 0.3 is 5.97 Å². The van der Waals surface area contributed by atoms with Gasteiger partial charge in [-0.3, -0.25) is 9.78 Å². The van der Waals surface area contributed by atoms with Crippen LogP contribution in [0.1, 0.15) is 28.9 Å². The second-order valence-electron chi connectivity index (χ2n) is 3.17. The van der Waals surface area contributed by atoms with Crippen molar-refractivity contribution in [2.75, 3.05) is 0 Å². The fraction of sp³-hybridized carbons (Fsp3) is 0.300. The van der Waals surface area contributed by atoms with Gasteiger partial charge in [-0.2, -0.15) is 5.26 Å². The maximum Gasteiger partial charge on any atom is 0.307 e. The Morgan fingerprint density at radius 3 is 2.75 bits per heavy atom. The number of aliphatic carboxylic acids is 1. The molecule has 1 aromatic heterocycles. The number of carbonyl (C=O) groups is 1. The first-order chi connectivity index (χ1) is 7.45. The smallest absolute Gasteiger partial charge is 0.307 e. The van der Waals surface area contributed by atoms with Crippen LogP contribution in [0.25, 0.3) is 0 Å². The molecule has 16 heavy (non-hydrogen) atoms. The number of nitrogens with zero attached hydrogens (tertiary/aromatic N) is 2. The van der Waals surface area contributed by atoms with E-state index in [-0.39, 0.29) is 16.8 Å². The van der Waals surface area contributed by atoms with Gasteiger partial charge in [0.2, 0.25) is 0 Å². The summed E-state index contributed by atoms with van der Waals surface area (Å²) in [5, 5.41) is 17.3. The molecule has 1 N–H and O–H groups in total. The second kappa shape index (κ2) is 4.66. The van der Waals surface area contributed by atoms with E-state index in [0.29, 0.717) is 0 Å². The third-order valence-electron chi connectivity index (χ3n) is 1.92. The normalized spacial score (nSPS) is 10.2. The van der Waals surface area contributed by atoms with Gasteiger partial charge in [0.15, 0.2) is 0 Å². The molecule has 4 nitrogen and oxygen atoms in total. The van der Waals surface area contributed by atoms with Gasteiger partial charge < -0.3 is 5.11 Å². The highest BCUT2D eigenvalue weighted by Crippen LogP contribution is 2.24. The van der Waals surface area contributed by atoms with E-state index in [1.165, 1.54) is 13.0 Å². The molecule has 0 saturated heterocycles. The van der Waals surface area contributed by atoms with E-state index >= 15 is 0 Å². The van der Waals surface area contributed by atoms with Crippen molar-refractivity contribution in [3.8, 4) is 6.07 Å². The van der Waals surface area contributed by atoms with Crippen LogP contribution in [0.3, 0.4) is 0 Å². The Morgan fingerprint density at radius 2 is 2.31 bits per heavy atom.